The first-order valence-electron chi connectivity index (χ1n) is 3.44. The van der Waals surface area contributed by atoms with Gasteiger partial charge in [-0.25, -0.2) is 13.4 Å². The normalized spacial score (nSPS) is 35.9. The summed E-state index contributed by atoms with van der Waals surface area (Å²) in [6.45, 7) is 1.64. The van der Waals surface area contributed by atoms with Gasteiger partial charge in [-0.15, -0.1) is 0 Å². The first kappa shape index (κ1) is 12.6. The van der Waals surface area contributed by atoms with Gasteiger partial charge in [0.1, 0.15) is 0 Å². The van der Waals surface area contributed by atoms with Crippen molar-refractivity contribution in [3.63, 3.8) is 0 Å². The molecule has 8 nitrogen and oxygen atoms in total. The molecule has 0 aromatic carbocycles. The van der Waals surface area contributed by atoms with E-state index in [0.29, 0.717) is 0 Å². The van der Waals surface area contributed by atoms with Crippen molar-refractivity contribution < 1.29 is 37.0 Å². The Hall–Kier alpha value is 0.555. The van der Waals surface area contributed by atoms with Crippen LogP contribution in [-0.2, 0) is 22.3 Å². The first-order chi connectivity index (χ1) is 6.04. The van der Waals surface area contributed by atoms with Gasteiger partial charge in [-0.3, -0.25) is 0 Å². The van der Waals surface area contributed by atoms with Crippen LogP contribution in [0.5, 0.6) is 0 Å². The Morgan fingerprint density at radius 1 is 1.36 bits per heavy atom. The second kappa shape index (κ2) is 3.54. The van der Waals surface area contributed by atoms with Gasteiger partial charge in [-0.05, 0) is 0 Å². The quantitative estimate of drug-likeness (QED) is 0.484. The third-order valence-corrected chi connectivity index (χ3v) is 7.23. The van der Waals surface area contributed by atoms with E-state index in [4.69, 9.17) is 14.7 Å². The lowest BCUT2D eigenvalue weighted by atomic mass is 10.1. The number of phosphoric acid groups is 2. The van der Waals surface area contributed by atoms with Crippen molar-refractivity contribution in [1.82, 2.24) is 0 Å². The van der Waals surface area contributed by atoms with Crippen molar-refractivity contribution in [2.75, 3.05) is 0 Å². The Labute approximate surface area is 80.1 Å². The van der Waals surface area contributed by atoms with Crippen molar-refractivity contribution in [3.8, 4) is 0 Å². The zero-order valence-electron chi connectivity index (χ0n) is 7.01. The van der Waals surface area contributed by atoms with Crippen molar-refractivity contribution >= 4 is 29.9 Å². The lowest BCUT2D eigenvalue weighted by molar-refractivity contribution is 0.232. The summed E-state index contributed by atoms with van der Waals surface area (Å²) in [6, 6.07) is 0. The minimum atomic E-state index is -5.12. The van der Waals surface area contributed by atoms with Crippen molar-refractivity contribution in [3.05, 3.63) is 0 Å². The van der Waals surface area contributed by atoms with Gasteiger partial charge in [-0.1, -0.05) is 6.92 Å². The summed E-state index contributed by atoms with van der Waals surface area (Å²) >= 11 is 0. The molecule has 1 heterocycles. The number of hydrogen-bond acceptors (Lipinski definition) is 5. The molecule has 0 aromatic heterocycles. The maximum Gasteiger partial charge on any atom is 0.486 e. The highest BCUT2D eigenvalue weighted by Crippen LogP contribution is 2.75. The van der Waals surface area contributed by atoms with Crippen LogP contribution in [0.4, 0.5) is 0 Å². The molecule has 0 aromatic rings. The largest absolute Gasteiger partial charge is 0.486 e. The Morgan fingerprint density at radius 2 is 1.79 bits per heavy atom. The minimum absolute atomic E-state index is 0.113. The SMILES string of the molecule is C[C@H]1BP1(=O)OP(=O)(O)OP(=O)(O)O. The molecular weight excluding hydrogens is 256 g/mol. The zero-order valence-corrected chi connectivity index (χ0v) is 9.69. The first-order valence-corrected chi connectivity index (χ1v) is 8.34. The van der Waals surface area contributed by atoms with Crippen LogP contribution in [0, 0.1) is 0 Å². The van der Waals surface area contributed by atoms with E-state index in [2.05, 4.69) is 8.62 Å². The second-order valence-electron chi connectivity index (χ2n) is 2.88. The molecule has 1 saturated heterocycles. The third-order valence-electron chi connectivity index (χ3n) is 1.51. The van der Waals surface area contributed by atoms with Crippen molar-refractivity contribution in [2.24, 2.45) is 0 Å². The van der Waals surface area contributed by atoms with Gasteiger partial charge in [-0.2, -0.15) is 4.31 Å². The van der Waals surface area contributed by atoms with Crippen molar-refractivity contribution in [2.45, 2.75) is 12.5 Å². The molecule has 12 heteroatoms. The van der Waals surface area contributed by atoms with Gasteiger partial charge in [0.15, 0.2) is 7.25 Å². The van der Waals surface area contributed by atoms with E-state index in [1.807, 2.05) is 0 Å². The predicted octanol–water partition coefficient (Wildman–Crippen LogP) is 0.202. The van der Waals surface area contributed by atoms with E-state index in [1.165, 1.54) is 6.92 Å². The summed E-state index contributed by atoms with van der Waals surface area (Å²) in [5.41, 5.74) is -0.372. The van der Waals surface area contributed by atoms with E-state index < -0.39 is 22.9 Å². The molecule has 0 radical (unpaired) electrons. The molecular formula is C2H8BO8P3. The summed E-state index contributed by atoms with van der Waals surface area (Å²) in [5.74, 6) is 0. The number of rotatable bonds is 4. The molecule has 3 N–H and O–H groups in total. The molecule has 0 bridgehead atoms. The van der Waals surface area contributed by atoms with Crippen LogP contribution in [0.25, 0.3) is 0 Å². The summed E-state index contributed by atoms with van der Waals surface area (Å²) in [6.07, 6.45) is 0. The van der Waals surface area contributed by atoms with Gasteiger partial charge in [0.2, 0.25) is 7.00 Å². The fourth-order valence-electron chi connectivity index (χ4n) is 0.759. The number of hydrogen-bond donors (Lipinski definition) is 3. The van der Waals surface area contributed by atoms with Crippen LogP contribution in [0.2, 0.25) is 0 Å². The maximum atomic E-state index is 11.3. The fraction of sp³-hybridized carbons (Fsp3) is 1.00. The van der Waals surface area contributed by atoms with Crippen LogP contribution >= 0.6 is 22.9 Å². The summed E-state index contributed by atoms with van der Waals surface area (Å²) in [4.78, 5) is 25.2. The Balaban J connectivity index is 2.65. The minimum Gasteiger partial charge on any atom is -0.305 e. The summed E-state index contributed by atoms with van der Waals surface area (Å²) in [7, 11) is -13.3. The second-order valence-corrected chi connectivity index (χ2v) is 8.80. The summed E-state index contributed by atoms with van der Waals surface area (Å²) < 4.78 is 40.0. The Kier molecular flexibility index (Phi) is 3.20. The van der Waals surface area contributed by atoms with Gasteiger partial charge in [0, 0.05) is 5.56 Å². The highest BCUT2D eigenvalue weighted by Gasteiger charge is 2.55. The molecule has 1 aliphatic rings. The van der Waals surface area contributed by atoms with Gasteiger partial charge < -0.3 is 19.2 Å². The van der Waals surface area contributed by atoms with Gasteiger partial charge >= 0.3 is 15.6 Å². The van der Waals surface area contributed by atoms with Crippen LogP contribution in [0.1, 0.15) is 6.92 Å². The molecule has 14 heavy (non-hydrogen) atoms. The molecule has 0 saturated carbocycles. The van der Waals surface area contributed by atoms with Crippen LogP contribution in [0.3, 0.4) is 0 Å². The van der Waals surface area contributed by atoms with E-state index in [-0.39, 0.29) is 12.6 Å². The lowest BCUT2D eigenvalue weighted by Gasteiger charge is -2.12. The zero-order chi connectivity index (χ0) is 11.2. The summed E-state index contributed by atoms with van der Waals surface area (Å²) in [5, 5.41) is 0. The molecule has 2 unspecified atom stereocenters. The predicted molar refractivity (Wildman–Crippen MR) is 48.3 cm³/mol. The molecule has 1 rings (SSSR count). The highest BCUT2D eigenvalue weighted by molar-refractivity contribution is 8.04. The van der Waals surface area contributed by atoms with Crippen LogP contribution in [-0.4, -0.2) is 27.2 Å². The standard InChI is InChI=1S/C2H8BO8P3/c1-2-3-12(2,4)10-14(8,9)11-13(5,6)7/h2-3H,1H3,(H,8,9)(H2,5,6,7)/t2-,12?/m0/s1. The average molecular weight is 264 g/mol. The van der Waals surface area contributed by atoms with E-state index in [9.17, 15) is 13.7 Å². The fourth-order valence-corrected chi connectivity index (χ4v) is 5.57. The molecule has 82 valence electrons. The molecule has 0 amide bonds. The Bertz CT molecular complexity index is 371. The highest BCUT2D eigenvalue weighted by atomic mass is 31.3. The van der Waals surface area contributed by atoms with Gasteiger partial charge in [0.25, 0.3) is 0 Å². The smallest absolute Gasteiger partial charge is 0.305 e. The monoisotopic (exact) mass is 264 g/mol. The molecule has 1 fully saturated rings. The van der Waals surface area contributed by atoms with E-state index in [1.54, 1.807) is 0 Å². The van der Waals surface area contributed by atoms with Crippen LogP contribution in [0.15, 0.2) is 0 Å². The van der Waals surface area contributed by atoms with Crippen LogP contribution < -0.4 is 0 Å². The molecule has 3 atom stereocenters. The third kappa shape index (κ3) is 3.61. The van der Waals surface area contributed by atoms with E-state index in [0.717, 1.165) is 0 Å². The maximum absolute atomic E-state index is 11.3. The van der Waals surface area contributed by atoms with Crippen molar-refractivity contribution in [1.29, 1.82) is 0 Å². The van der Waals surface area contributed by atoms with E-state index >= 15 is 0 Å². The molecule has 1 aliphatic heterocycles. The Morgan fingerprint density at radius 3 is 2.07 bits per heavy atom. The molecule has 0 aliphatic carbocycles. The van der Waals surface area contributed by atoms with Gasteiger partial charge in [0.05, 0.1) is 0 Å². The topological polar surface area (TPSA) is 130 Å². The lowest BCUT2D eigenvalue weighted by Crippen LogP contribution is -1.89. The average Bonchev–Trinajstić information content (AvgIpc) is 2.28. The molecule has 0 spiro atoms.